The molecule has 0 radical (unpaired) electrons. The van der Waals surface area contributed by atoms with Gasteiger partial charge in [0.2, 0.25) is 11.8 Å². The van der Waals surface area contributed by atoms with E-state index in [9.17, 15) is 4.79 Å². The van der Waals surface area contributed by atoms with Crippen molar-refractivity contribution in [2.24, 2.45) is 5.92 Å². The number of hydrogen-bond donors (Lipinski definition) is 3. The van der Waals surface area contributed by atoms with Crippen molar-refractivity contribution in [3.8, 4) is 0 Å². The van der Waals surface area contributed by atoms with Gasteiger partial charge in [0.15, 0.2) is 0 Å². The highest BCUT2D eigenvalue weighted by Crippen LogP contribution is 2.19. The Kier molecular flexibility index (Phi) is 4.94. The fourth-order valence-corrected chi connectivity index (χ4v) is 1.61. The van der Waals surface area contributed by atoms with E-state index >= 15 is 0 Å². The fraction of sp³-hybridized carbons (Fsp3) is 0.769. The number of carbonyl (C=O) groups is 1. The van der Waals surface area contributed by atoms with E-state index in [1.807, 2.05) is 0 Å². The third-order valence-corrected chi connectivity index (χ3v) is 3.00. The average Bonchev–Trinajstić information content (AvgIpc) is 3.13. The van der Waals surface area contributed by atoms with Gasteiger partial charge in [0.05, 0.1) is 6.54 Å². The van der Waals surface area contributed by atoms with Gasteiger partial charge >= 0.3 is 6.01 Å². The summed E-state index contributed by atoms with van der Waals surface area (Å²) in [6.45, 7) is 7.10. The second-order valence-electron chi connectivity index (χ2n) is 5.66. The van der Waals surface area contributed by atoms with Crippen molar-refractivity contribution in [1.82, 2.24) is 20.8 Å². The van der Waals surface area contributed by atoms with E-state index in [-0.39, 0.29) is 11.9 Å². The quantitative estimate of drug-likeness (QED) is 0.655. The molecule has 1 aromatic rings. The van der Waals surface area contributed by atoms with Crippen LogP contribution < -0.4 is 16.0 Å². The van der Waals surface area contributed by atoms with Gasteiger partial charge in [0, 0.05) is 12.6 Å². The van der Waals surface area contributed by atoms with Gasteiger partial charge < -0.3 is 20.4 Å². The molecule has 3 N–H and O–H groups in total. The highest BCUT2D eigenvalue weighted by Gasteiger charge is 2.21. The van der Waals surface area contributed by atoms with Crippen LogP contribution in [0.25, 0.3) is 0 Å². The summed E-state index contributed by atoms with van der Waals surface area (Å²) in [5, 5.41) is 16.9. The molecule has 112 valence electrons. The summed E-state index contributed by atoms with van der Waals surface area (Å²) in [6, 6.07) is 0.474. The van der Waals surface area contributed by atoms with Crippen LogP contribution in [0.15, 0.2) is 4.42 Å². The standard InChI is InChI=1S/C13H23N5O2/c1-8(2)6-15-12(19)9(3)16-13-18-17-11(20-13)7-14-10-4-5-10/h8-10,14H,4-7H2,1-3H3,(H,15,19)(H,16,18). The smallest absolute Gasteiger partial charge is 0.316 e. The highest BCUT2D eigenvalue weighted by molar-refractivity contribution is 5.83. The van der Waals surface area contributed by atoms with Crippen LogP contribution in [0.5, 0.6) is 0 Å². The van der Waals surface area contributed by atoms with Gasteiger partial charge in [-0.05, 0) is 25.7 Å². The Labute approximate surface area is 118 Å². The molecule has 0 spiro atoms. The Balaban J connectivity index is 1.74. The molecule has 0 aromatic carbocycles. The SMILES string of the molecule is CC(C)CNC(=O)C(C)Nc1nnc(CNC2CC2)o1. The van der Waals surface area contributed by atoms with Crippen molar-refractivity contribution < 1.29 is 9.21 Å². The Hall–Kier alpha value is -1.63. The molecule has 7 heteroatoms. The first-order valence-electron chi connectivity index (χ1n) is 7.14. The molecule has 1 saturated carbocycles. The second-order valence-corrected chi connectivity index (χ2v) is 5.66. The van der Waals surface area contributed by atoms with Crippen LogP contribution in [-0.2, 0) is 11.3 Å². The number of hydrogen-bond acceptors (Lipinski definition) is 6. The zero-order valence-electron chi connectivity index (χ0n) is 12.3. The van der Waals surface area contributed by atoms with Crippen LogP contribution in [-0.4, -0.2) is 34.7 Å². The summed E-state index contributed by atoms with van der Waals surface area (Å²) in [7, 11) is 0. The van der Waals surface area contributed by atoms with E-state index in [4.69, 9.17) is 4.42 Å². The summed E-state index contributed by atoms with van der Waals surface area (Å²) >= 11 is 0. The fourth-order valence-electron chi connectivity index (χ4n) is 1.61. The van der Waals surface area contributed by atoms with E-state index in [0.29, 0.717) is 30.9 Å². The van der Waals surface area contributed by atoms with Crippen molar-refractivity contribution in [3.63, 3.8) is 0 Å². The molecule has 1 unspecified atom stereocenters. The Bertz CT molecular complexity index is 442. The maximum absolute atomic E-state index is 11.8. The third-order valence-electron chi connectivity index (χ3n) is 3.00. The lowest BCUT2D eigenvalue weighted by Crippen LogP contribution is -2.39. The lowest BCUT2D eigenvalue weighted by atomic mass is 10.2. The number of aromatic nitrogens is 2. The van der Waals surface area contributed by atoms with Crippen LogP contribution in [0, 0.1) is 5.92 Å². The first-order chi connectivity index (χ1) is 9.54. The van der Waals surface area contributed by atoms with E-state index in [0.717, 1.165) is 0 Å². The number of nitrogens with zero attached hydrogens (tertiary/aromatic N) is 2. The topological polar surface area (TPSA) is 92.1 Å². The minimum atomic E-state index is -0.404. The van der Waals surface area contributed by atoms with Crippen molar-refractivity contribution in [1.29, 1.82) is 0 Å². The molecule has 1 fully saturated rings. The average molecular weight is 281 g/mol. The van der Waals surface area contributed by atoms with Gasteiger partial charge in [-0.2, -0.15) is 0 Å². The zero-order chi connectivity index (χ0) is 14.5. The predicted molar refractivity (Wildman–Crippen MR) is 75.1 cm³/mol. The molecule has 0 saturated heterocycles. The molecule has 0 bridgehead atoms. The van der Waals surface area contributed by atoms with Gasteiger partial charge in [-0.3, -0.25) is 4.79 Å². The molecule has 1 atom stereocenters. The number of nitrogens with one attached hydrogen (secondary N) is 3. The van der Waals surface area contributed by atoms with Gasteiger partial charge in [-0.15, -0.1) is 5.10 Å². The molecule has 0 aliphatic heterocycles. The summed E-state index contributed by atoms with van der Waals surface area (Å²) in [6.07, 6.45) is 2.43. The molecule has 1 aliphatic rings. The number of amides is 1. The largest absolute Gasteiger partial charge is 0.407 e. The highest BCUT2D eigenvalue weighted by atomic mass is 16.4. The molecular weight excluding hydrogens is 258 g/mol. The number of anilines is 1. The van der Waals surface area contributed by atoms with Crippen LogP contribution in [0.1, 0.15) is 39.5 Å². The van der Waals surface area contributed by atoms with Gasteiger partial charge in [0.25, 0.3) is 0 Å². The summed E-state index contributed by atoms with van der Waals surface area (Å²) in [4.78, 5) is 11.8. The number of carbonyl (C=O) groups excluding carboxylic acids is 1. The van der Waals surface area contributed by atoms with Gasteiger partial charge in [-0.25, -0.2) is 0 Å². The van der Waals surface area contributed by atoms with Gasteiger partial charge in [-0.1, -0.05) is 18.9 Å². The lowest BCUT2D eigenvalue weighted by Gasteiger charge is -2.13. The van der Waals surface area contributed by atoms with Crippen molar-refractivity contribution in [3.05, 3.63) is 5.89 Å². The molecule has 1 aliphatic carbocycles. The molecule has 1 heterocycles. The zero-order valence-corrected chi connectivity index (χ0v) is 12.3. The van der Waals surface area contributed by atoms with Crippen molar-refractivity contribution in [2.45, 2.75) is 52.2 Å². The van der Waals surface area contributed by atoms with E-state index in [1.54, 1.807) is 6.92 Å². The summed E-state index contributed by atoms with van der Waals surface area (Å²) < 4.78 is 5.43. The molecule has 1 aromatic heterocycles. The third kappa shape index (κ3) is 4.80. The first-order valence-corrected chi connectivity index (χ1v) is 7.14. The summed E-state index contributed by atoms with van der Waals surface area (Å²) in [5.74, 6) is 0.887. The monoisotopic (exact) mass is 281 g/mol. The summed E-state index contributed by atoms with van der Waals surface area (Å²) in [5.41, 5.74) is 0. The Morgan fingerprint density at radius 2 is 2.10 bits per heavy atom. The Morgan fingerprint density at radius 1 is 1.35 bits per heavy atom. The van der Waals surface area contributed by atoms with E-state index in [2.05, 4.69) is 40.0 Å². The molecule has 20 heavy (non-hydrogen) atoms. The maximum atomic E-state index is 11.8. The predicted octanol–water partition coefficient (Wildman–Crippen LogP) is 0.894. The van der Waals surface area contributed by atoms with Crippen LogP contribution in [0.3, 0.4) is 0 Å². The minimum absolute atomic E-state index is 0.0745. The van der Waals surface area contributed by atoms with E-state index < -0.39 is 6.04 Å². The van der Waals surface area contributed by atoms with Crippen LogP contribution >= 0.6 is 0 Å². The van der Waals surface area contributed by atoms with Crippen molar-refractivity contribution in [2.75, 3.05) is 11.9 Å². The molecule has 1 amide bonds. The molecule has 7 nitrogen and oxygen atoms in total. The van der Waals surface area contributed by atoms with Crippen molar-refractivity contribution >= 4 is 11.9 Å². The normalized spacial score (nSPS) is 16.2. The lowest BCUT2D eigenvalue weighted by molar-refractivity contribution is -0.121. The number of rotatable bonds is 8. The maximum Gasteiger partial charge on any atom is 0.316 e. The molecular formula is C13H23N5O2. The Morgan fingerprint density at radius 3 is 2.75 bits per heavy atom. The van der Waals surface area contributed by atoms with E-state index in [1.165, 1.54) is 12.8 Å². The second kappa shape index (κ2) is 6.69. The van der Waals surface area contributed by atoms with Gasteiger partial charge in [0.1, 0.15) is 6.04 Å². The minimum Gasteiger partial charge on any atom is -0.407 e. The molecule has 2 rings (SSSR count). The first kappa shape index (κ1) is 14.8. The van der Waals surface area contributed by atoms with Crippen LogP contribution in [0.4, 0.5) is 6.01 Å². The van der Waals surface area contributed by atoms with Crippen LogP contribution in [0.2, 0.25) is 0 Å².